The zero-order chi connectivity index (χ0) is 17.3. The summed E-state index contributed by atoms with van der Waals surface area (Å²) in [5.41, 5.74) is 4.28. The van der Waals surface area contributed by atoms with Crippen LogP contribution in [0, 0.1) is 6.92 Å². The minimum atomic E-state index is 0.320. The number of benzene rings is 2. The van der Waals surface area contributed by atoms with Crippen molar-refractivity contribution in [2.45, 2.75) is 58.8 Å². The molecule has 0 heterocycles. The fourth-order valence-corrected chi connectivity index (χ4v) is 5.60. The standard InChI is InChI=1S/C21H30P2/c1-15-11-8-9-12-16(15)19-17(22-20(2,3)4)13-10-14-18(19)23-21(5,6)7/h8-14,22-23H,1-7H3. The number of rotatable bonds is 3. The van der Waals surface area contributed by atoms with E-state index in [1.54, 1.807) is 0 Å². The Bertz CT molecular complexity index is 639. The molecule has 0 saturated heterocycles. The molecular formula is C21H30P2. The van der Waals surface area contributed by atoms with Crippen LogP contribution < -0.4 is 10.6 Å². The average molecular weight is 344 g/mol. The Hall–Kier alpha value is -0.700. The SMILES string of the molecule is Cc1ccccc1-c1c(PC(C)(C)C)cccc1PC(C)(C)C. The molecular weight excluding hydrogens is 314 g/mol. The summed E-state index contributed by atoms with van der Waals surface area (Å²) >= 11 is 0. The maximum absolute atomic E-state index is 2.34. The Labute approximate surface area is 146 Å². The van der Waals surface area contributed by atoms with Crippen LogP contribution in [0.25, 0.3) is 11.1 Å². The first-order valence-corrected chi connectivity index (χ1v) is 10.3. The summed E-state index contributed by atoms with van der Waals surface area (Å²) in [6.07, 6.45) is 0. The van der Waals surface area contributed by atoms with Gasteiger partial charge in [0.05, 0.1) is 0 Å². The third-order valence-corrected chi connectivity index (χ3v) is 6.37. The van der Waals surface area contributed by atoms with E-state index in [1.165, 1.54) is 27.3 Å². The Morgan fingerprint density at radius 2 is 1.13 bits per heavy atom. The maximum Gasteiger partial charge on any atom is -0.00322 e. The zero-order valence-electron chi connectivity index (χ0n) is 15.5. The molecule has 2 atom stereocenters. The summed E-state index contributed by atoms with van der Waals surface area (Å²) in [6, 6.07) is 15.8. The lowest BCUT2D eigenvalue weighted by molar-refractivity contribution is 0.799. The Balaban J connectivity index is 2.65. The summed E-state index contributed by atoms with van der Waals surface area (Å²) in [4.78, 5) is 0. The average Bonchev–Trinajstić information content (AvgIpc) is 2.37. The van der Waals surface area contributed by atoms with E-state index in [1.807, 2.05) is 0 Å². The van der Waals surface area contributed by atoms with Crippen molar-refractivity contribution in [2.75, 3.05) is 0 Å². The highest BCUT2D eigenvalue weighted by atomic mass is 31.1. The lowest BCUT2D eigenvalue weighted by Gasteiger charge is -2.26. The molecule has 0 fully saturated rings. The van der Waals surface area contributed by atoms with Gasteiger partial charge in [-0.3, -0.25) is 0 Å². The predicted molar refractivity (Wildman–Crippen MR) is 112 cm³/mol. The highest BCUT2D eigenvalue weighted by Crippen LogP contribution is 2.38. The molecule has 2 heteroatoms. The maximum atomic E-state index is 2.34. The van der Waals surface area contributed by atoms with Crippen LogP contribution in [0.1, 0.15) is 47.1 Å². The molecule has 0 radical (unpaired) electrons. The molecule has 0 bridgehead atoms. The molecule has 0 aliphatic carbocycles. The molecule has 0 amide bonds. The van der Waals surface area contributed by atoms with Crippen molar-refractivity contribution < 1.29 is 0 Å². The third-order valence-electron chi connectivity index (χ3n) is 3.50. The molecule has 0 aromatic heterocycles. The van der Waals surface area contributed by atoms with E-state index in [4.69, 9.17) is 0 Å². The topological polar surface area (TPSA) is 0 Å². The second-order valence-corrected chi connectivity index (χ2v) is 12.9. The van der Waals surface area contributed by atoms with E-state index in [-0.39, 0.29) is 0 Å². The van der Waals surface area contributed by atoms with Crippen LogP contribution in [0.2, 0.25) is 0 Å². The Morgan fingerprint density at radius 3 is 1.57 bits per heavy atom. The largest absolute Gasteiger partial charge is 0.0842 e. The van der Waals surface area contributed by atoms with E-state index in [0.29, 0.717) is 10.3 Å². The van der Waals surface area contributed by atoms with Crippen LogP contribution in [-0.4, -0.2) is 10.3 Å². The minimum Gasteiger partial charge on any atom is -0.0842 e. The third kappa shape index (κ3) is 5.41. The molecule has 124 valence electrons. The lowest BCUT2D eigenvalue weighted by atomic mass is 10.0. The van der Waals surface area contributed by atoms with Gasteiger partial charge in [0.25, 0.3) is 0 Å². The van der Waals surface area contributed by atoms with Gasteiger partial charge in [0.2, 0.25) is 0 Å². The molecule has 23 heavy (non-hydrogen) atoms. The van der Waals surface area contributed by atoms with Crippen LogP contribution in [0.5, 0.6) is 0 Å². The van der Waals surface area contributed by atoms with Gasteiger partial charge in [-0.1, -0.05) is 101 Å². The molecule has 2 aromatic carbocycles. The Morgan fingerprint density at radius 1 is 0.652 bits per heavy atom. The molecule has 0 spiro atoms. The summed E-state index contributed by atoms with van der Waals surface area (Å²) in [5.74, 6) is 0. The van der Waals surface area contributed by atoms with Crippen LogP contribution in [-0.2, 0) is 0 Å². The van der Waals surface area contributed by atoms with E-state index >= 15 is 0 Å². The van der Waals surface area contributed by atoms with Gasteiger partial charge in [0, 0.05) is 0 Å². The molecule has 0 aliphatic heterocycles. The van der Waals surface area contributed by atoms with Crippen molar-refractivity contribution in [2.24, 2.45) is 0 Å². The van der Waals surface area contributed by atoms with Crippen LogP contribution in [0.3, 0.4) is 0 Å². The summed E-state index contributed by atoms with van der Waals surface area (Å²) < 4.78 is 0. The normalized spacial score (nSPS) is 13.5. The molecule has 0 saturated carbocycles. The first kappa shape index (κ1) is 18.6. The van der Waals surface area contributed by atoms with Crippen molar-refractivity contribution in [3.63, 3.8) is 0 Å². The highest BCUT2D eigenvalue weighted by Gasteiger charge is 2.20. The molecule has 0 nitrogen and oxygen atoms in total. The van der Waals surface area contributed by atoms with Gasteiger partial charge in [0.1, 0.15) is 0 Å². The van der Waals surface area contributed by atoms with Crippen LogP contribution in [0.4, 0.5) is 0 Å². The lowest BCUT2D eigenvalue weighted by Crippen LogP contribution is -2.21. The Kier molecular flexibility index (Phi) is 5.71. The fourth-order valence-electron chi connectivity index (χ4n) is 2.71. The van der Waals surface area contributed by atoms with Crippen molar-refractivity contribution >= 4 is 27.8 Å². The number of hydrogen-bond acceptors (Lipinski definition) is 0. The van der Waals surface area contributed by atoms with Crippen molar-refractivity contribution in [3.05, 3.63) is 48.0 Å². The second-order valence-electron chi connectivity index (χ2n) is 8.29. The quantitative estimate of drug-likeness (QED) is 0.611. The highest BCUT2D eigenvalue weighted by molar-refractivity contribution is 7.51. The van der Waals surface area contributed by atoms with Gasteiger partial charge in [0.15, 0.2) is 0 Å². The zero-order valence-corrected chi connectivity index (χ0v) is 17.5. The van der Waals surface area contributed by atoms with E-state index in [2.05, 4.69) is 90.9 Å². The van der Waals surface area contributed by atoms with Gasteiger partial charge in [-0.15, -0.1) is 0 Å². The first-order chi connectivity index (χ1) is 10.6. The molecule has 0 N–H and O–H groups in total. The summed E-state index contributed by atoms with van der Waals surface area (Å²) in [6.45, 7) is 16.3. The summed E-state index contributed by atoms with van der Waals surface area (Å²) in [7, 11) is 1.64. The smallest absolute Gasteiger partial charge is 0.00322 e. The molecule has 2 rings (SSSR count). The first-order valence-electron chi connectivity index (χ1n) is 8.32. The van der Waals surface area contributed by atoms with Crippen molar-refractivity contribution in [3.8, 4) is 11.1 Å². The molecule has 2 unspecified atom stereocenters. The monoisotopic (exact) mass is 344 g/mol. The number of hydrogen-bond donors (Lipinski definition) is 0. The van der Waals surface area contributed by atoms with Gasteiger partial charge in [-0.05, 0) is 44.5 Å². The van der Waals surface area contributed by atoms with E-state index < -0.39 is 0 Å². The van der Waals surface area contributed by atoms with Gasteiger partial charge < -0.3 is 0 Å². The van der Waals surface area contributed by atoms with Crippen LogP contribution >= 0.6 is 17.2 Å². The van der Waals surface area contributed by atoms with Crippen LogP contribution in [0.15, 0.2) is 42.5 Å². The predicted octanol–water partition coefficient (Wildman–Crippen LogP) is 5.87. The molecule has 0 aliphatic rings. The van der Waals surface area contributed by atoms with Gasteiger partial charge >= 0.3 is 0 Å². The molecule has 2 aromatic rings. The van der Waals surface area contributed by atoms with Crippen molar-refractivity contribution in [1.82, 2.24) is 0 Å². The number of aryl methyl sites for hydroxylation is 1. The fraction of sp³-hybridized carbons (Fsp3) is 0.429. The van der Waals surface area contributed by atoms with Gasteiger partial charge in [-0.25, -0.2) is 0 Å². The van der Waals surface area contributed by atoms with E-state index in [9.17, 15) is 0 Å². The minimum absolute atomic E-state index is 0.320. The van der Waals surface area contributed by atoms with Gasteiger partial charge in [-0.2, -0.15) is 0 Å². The van der Waals surface area contributed by atoms with E-state index in [0.717, 1.165) is 17.2 Å². The van der Waals surface area contributed by atoms with Crippen molar-refractivity contribution in [1.29, 1.82) is 0 Å². The summed E-state index contributed by atoms with van der Waals surface area (Å²) in [5, 5.41) is 3.67. The second kappa shape index (κ2) is 7.04.